The first-order valence-corrected chi connectivity index (χ1v) is 8.04. The SMILES string of the molecule is CN=C(NCCOC)NC1CCN(Cc2ccccc2)CC1. The molecule has 0 radical (unpaired) electrons. The number of likely N-dealkylation sites (tertiary alicyclic amines) is 1. The fourth-order valence-electron chi connectivity index (χ4n) is 2.74. The Hall–Kier alpha value is -1.59. The van der Waals surface area contributed by atoms with Crippen molar-refractivity contribution in [3.05, 3.63) is 35.9 Å². The van der Waals surface area contributed by atoms with E-state index in [4.69, 9.17) is 4.74 Å². The Bertz CT molecular complexity index is 441. The highest BCUT2D eigenvalue weighted by Gasteiger charge is 2.19. The predicted octanol–water partition coefficient (Wildman–Crippen LogP) is 1.46. The van der Waals surface area contributed by atoms with Gasteiger partial charge in [0.2, 0.25) is 0 Å². The zero-order chi connectivity index (χ0) is 15.6. The molecule has 1 fully saturated rings. The third kappa shape index (κ3) is 5.66. The molecule has 5 heteroatoms. The number of guanidine groups is 1. The second-order valence-electron chi connectivity index (χ2n) is 5.67. The van der Waals surface area contributed by atoms with E-state index in [0.29, 0.717) is 12.6 Å². The largest absolute Gasteiger partial charge is 0.383 e. The van der Waals surface area contributed by atoms with E-state index in [-0.39, 0.29) is 0 Å². The average Bonchev–Trinajstić information content (AvgIpc) is 2.57. The van der Waals surface area contributed by atoms with Gasteiger partial charge in [-0.05, 0) is 18.4 Å². The van der Waals surface area contributed by atoms with E-state index in [2.05, 4.69) is 50.9 Å². The van der Waals surface area contributed by atoms with Crippen LogP contribution in [0.3, 0.4) is 0 Å². The fourth-order valence-corrected chi connectivity index (χ4v) is 2.74. The maximum absolute atomic E-state index is 5.05. The van der Waals surface area contributed by atoms with Crippen molar-refractivity contribution in [2.75, 3.05) is 40.4 Å². The van der Waals surface area contributed by atoms with E-state index in [0.717, 1.165) is 45.0 Å². The van der Waals surface area contributed by atoms with Crippen molar-refractivity contribution in [2.45, 2.75) is 25.4 Å². The first kappa shape index (κ1) is 16.8. The number of piperidine rings is 1. The van der Waals surface area contributed by atoms with Crippen molar-refractivity contribution >= 4 is 5.96 Å². The quantitative estimate of drug-likeness (QED) is 0.475. The second kappa shape index (κ2) is 9.43. The topological polar surface area (TPSA) is 48.9 Å². The molecule has 0 spiro atoms. The second-order valence-corrected chi connectivity index (χ2v) is 5.67. The zero-order valence-electron chi connectivity index (χ0n) is 13.7. The minimum absolute atomic E-state index is 0.501. The van der Waals surface area contributed by atoms with Gasteiger partial charge in [-0.2, -0.15) is 0 Å². The summed E-state index contributed by atoms with van der Waals surface area (Å²) in [5.41, 5.74) is 1.39. The van der Waals surface area contributed by atoms with Crippen LogP contribution in [0, 0.1) is 0 Å². The first-order chi connectivity index (χ1) is 10.8. The van der Waals surface area contributed by atoms with Crippen LogP contribution >= 0.6 is 0 Å². The summed E-state index contributed by atoms with van der Waals surface area (Å²) in [4.78, 5) is 6.79. The number of benzene rings is 1. The molecule has 0 aromatic heterocycles. The van der Waals surface area contributed by atoms with E-state index >= 15 is 0 Å². The zero-order valence-corrected chi connectivity index (χ0v) is 13.7. The van der Waals surface area contributed by atoms with Crippen molar-refractivity contribution in [2.24, 2.45) is 4.99 Å². The van der Waals surface area contributed by atoms with Gasteiger partial charge in [-0.15, -0.1) is 0 Å². The highest BCUT2D eigenvalue weighted by Crippen LogP contribution is 2.13. The molecule has 1 aromatic rings. The van der Waals surface area contributed by atoms with Gasteiger partial charge < -0.3 is 15.4 Å². The Morgan fingerprint density at radius 2 is 2.00 bits per heavy atom. The fraction of sp³-hybridized carbons (Fsp3) is 0.588. The molecule has 1 aliphatic rings. The van der Waals surface area contributed by atoms with E-state index in [9.17, 15) is 0 Å². The van der Waals surface area contributed by atoms with Crippen LogP contribution in [-0.4, -0.2) is 57.3 Å². The van der Waals surface area contributed by atoms with Gasteiger partial charge in [-0.25, -0.2) is 0 Å². The maximum atomic E-state index is 5.05. The van der Waals surface area contributed by atoms with Crippen molar-refractivity contribution in [3.8, 4) is 0 Å². The smallest absolute Gasteiger partial charge is 0.191 e. The van der Waals surface area contributed by atoms with E-state index in [1.807, 2.05) is 7.05 Å². The minimum atomic E-state index is 0.501. The van der Waals surface area contributed by atoms with Crippen LogP contribution in [0.5, 0.6) is 0 Å². The number of rotatable bonds is 6. The van der Waals surface area contributed by atoms with Gasteiger partial charge in [-0.1, -0.05) is 30.3 Å². The maximum Gasteiger partial charge on any atom is 0.191 e. The molecule has 0 saturated carbocycles. The summed E-state index contributed by atoms with van der Waals surface area (Å²) < 4.78 is 5.05. The Balaban J connectivity index is 1.70. The molecule has 0 aliphatic carbocycles. The lowest BCUT2D eigenvalue weighted by Crippen LogP contribution is -2.49. The van der Waals surface area contributed by atoms with Crippen LogP contribution in [0.25, 0.3) is 0 Å². The van der Waals surface area contributed by atoms with Crippen LogP contribution in [0.1, 0.15) is 18.4 Å². The summed E-state index contributed by atoms with van der Waals surface area (Å²) in [7, 11) is 3.52. The molecule has 1 aliphatic heterocycles. The van der Waals surface area contributed by atoms with Gasteiger partial charge >= 0.3 is 0 Å². The van der Waals surface area contributed by atoms with Crippen molar-refractivity contribution < 1.29 is 4.74 Å². The molecule has 1 saturated heterocycles. The lowest BCUT2D eigenvalue weighted by Gasteiger charge is -2.33. The lowest BCUT2D eigenvalue weighted by atomic mass is 10.0. The number of nitrogens with one attached hydrogen (secondary N) is 2. The van der Waals surface area contributed by atoms with Crippen molar-refractivity contribution in [3.63, 3.8) is 0 Å². The van der Waals surface area contributed by atoms with Gasteiger partial charge in [0.05, 0.1) is 6.61 Å². The first-order valence-electron chi connectivity index (χ1n) is 8.04. The van der Waals surface area contributed by atoms with Gasteiger partial charge in [-0.3, -0.25) is 9.89 Å². The molecule has 0 atom stereocenters. The summed E-state index contributed by atoms with van der Waals surface area (Å²) >= 11 is 0. The third-order valence-electron chi connectivity index (χ3n) is 4.00. The van der Waals surface area contributed by atoms with Gasteiger partial charge in [0, 0.05) is 46.4 Å². The van der Waals surface area contributed by atoms with Crippen LogP contribution in [0.2, 0.25) is 0 Å². The van der Waals surface area contributed by atoms with E-state index < -0.39 is 0 Å². The van der Waals surface area contributed by atoms with Gasteiger partial charge in [0.1, 0.15) is 0 Å². The predicted molar refractivity (Wildman–Crippen MR) is 91.1 cm³/mol. The Morgan fingerprint density at radius 1 is 1.27 bits per heavy atom. The molecule has 0 unspecified atom stereocenters. The number of nitrogens with zero attached hydrogens (tertiary/aromatic N) is 2. The van der Waals surface area contributed by atoms with Gasteiger partial charge in [0.15, 0.2) is 5.96 Å². The van der Waals surface area contributed by atoms with Crippen molar-refractivity contribution in [1.82, 2.24) is 15.5 Å². The molecule has 0 amide bonds. The molecular formula is C17H28N4O. The highest BCUT2D eigenvalue weighted by molar-refractivity contribution is 5.79. The number of methoxy groups -OCH3 is 1. The Morgan fingerprint density at radius 3 is 2.64 bits per heavy atom. The Labute approximate surface area is 133 Å². The van der Waals surface area contributed by atoms with E-state index in [1.54, 1.807) is 7.11 Å². The summed E-state index contributed by atoms with van der Waals surface area (Å²) in [5, 5.41) is 6.77. The molecular weight excluding hydrogens is 276 g/mol. The van der Waals surface area contributed by atoms with Crippen LogP contribution < -0.4 is 10.6 Å². The summed E-state index contributed by atoms with van der Waals surface area (Å²) in [5.74, 6) is 0.874. The van der Waals surface area contributed by atoms with Crippen LogP contribution in [0.4, 0.5) is 0 Å². The summed E-state index contributed by atoms with van der Waals surface area (Å²) in [6.45, 7) is 4.77. The lowest BCUT2D eigenvalue weighted by molar-refractivity contribution is 0.196. The molecule has 2 N–H and O–H groups in total. The monoisotopic (exact) mass is 304 g/mol. The highest BCUT2D eigenvalue weighted by atomic mass is 16.5. The number of ether oxygens (including phenoxy) is 1. The molecule has 122 valence electrons. The number of hydrogen-bond donors (Lipinski definition) is 2. The third-order valence-corrected chi connectivity index (χ3v) is 4.00. The summed E-state index contributed by atoms with van der Waals surface area (Å²) in [6.07, 6.45) is 2.30. The summed E-state index contributed by atoms with van der Waals surface area (Å²) in [6, 6.07) is 11.2. The van der Waals surface area contributed by atoms with E-state index in [1.165, 1.54) is 5.56 Å². The van der Waals surface area contributed by atoms with Crippen LogP contribution in [-0.2, 0) is 11.3 Å². The molecule has 22 heavy (non-hydrogen) atoms. The average molecular weight is 304 g/mol. The molecule has 5 nitrogen and oxygen atoms in total. The molecule has 2 rings (SSSR count). The number of hydrogen-bond acceptors (Lipinski definition) is 3. The minimum Gasteiger partial charge on any atom is -0.383 e. The normalized spacial score (nSPS) is 17.5. The van der Waals surface area contributed by atoms with Crippen LogP contribution in [0.15, 0.2) is 35.3 Å². The molecule has 1 heterocycles. The standard InChI is InChI=1S/C17H28N4O/c1-18-17(19-10-13-22-2)20-16-8-11-21(12-9-16)14-15-6-4-3-5-7-15/h3-7,16H,8-14H2,1-2H3,(H2,18,19,20). The van der Waals surface area contributed by atoms with Gasteiger partial charge in [0.25, 0.3) is 0 Å². The molecule has 1 aromatic carbocycles. The molecule has 0 bridgehead atoms. The van der Waals surface area contributed by atoms with Crippen molar-refractivity contribution in [1.29, 1.82) is 0 Å². The number of aliphatic imine (C=N–C) groups is 1. The Kier molecular flexibility index (Phi) is 7.19.